The number of likely N-dealkylation sites (N-methyl/N-ethyl adjacent to an activating group) is 1. The first-order valence-corrected chi connectivity index (χ1v) is 7.03. The Labute approximate surface area is 130 Å². The molecule has 0 aliphatic rings. The van der Waals surface area contributed by atoms with Gasteiger partial charge >= 0.3 is 0 Å². The van der Waals surface area contributed by atoms with E-state index in [2.05, 4.69) is 10.0 Å². The van der Waals surface area contributed by atoms with E-state index in [1.165, 1.54) is 30.6 Å². The Bertz CT molecular complexity index is 447. The molecule has 0 rings (SSSR count). The Kier molecular flexibility index (Phi) is 9.36. The smallest absolute Gasteiger partial charge is 0.219 e. The van der Waals surface area contributed by atoms with Gasteiger partial charge in [0.05, 0.1) is 0 Å². The van der Waals surface area contributed by atoms with E-state index in [-0.39, 0.29) is 24.3 Å². The van der Waals surface area contributed by atoms with Crippen molar-refractivity contribution in [3.63, 3.8) is 0 Å². The molecule has 0 heterocycles. The minimum Gasteiger partial charge on any atom is -0.344 e. The zero-order valence-electron chi connectivity index (χ0n) is 13.7. The molecule has 0 saturated carbocycles. The van der Waals surface area contributed by atoms with Crippen molar-refractivity contribution in [3.05, 3.63) is 10.4 Å². The van der Waals surface area contributed by atoms with Gasteiger partial charge in [-0.15, -0.1) is 0 Å². The summed E-state index contributed by atoms with van der Waals surface area (Å²) in [6.45, 7) is 6.44. The van der Waals surface area contributed by atoms with Crippen LogP contribution in [0.1, 0.15) is 20.8 Å². The zero-order chi connectivity index (χ0) is 17.1. The van der Waals surface area contributed by atoms with Crippen molar-refractivity contribution in [2.24, 2.45) is 5.11 Å². The highest BCUT2D eigenvalue weighted by atomic mass is 16.2. The summed E-state index contributed by atoms with van der Waals surface area (Å²) in [5.74, 6) is -0.323. The summed E-state index contributed by atoms with van der Waals surface area (Å²) in [6, 6.07) is 0. The lowest BCUT2D eigenvalue weighted by Gasteiger charge is -2.27. The molecule has 0 atom stereocenters. The molecule has 0 N–H and O–H groups in total. The van der Waals surface area contributed by atoms with E-state index in [0.717, 1.165) is 0 Å². The van der Waals surface area contributed by atoms with Crippen molar-refractivity contribution in [3.8, 4) is 0 Å². The molecule has 0 bridgehead atoms. The molecule has 0 saturated heterocycles. The molecule has 3 amide bonds. The van der Waals surface area contributed by atoms with Crippen LogP contribution < -0.4 is 0 Å². The SMILES string of the molecule is CC(=O)N(C)CCN(CCN(CCN=[N+]=[N-])C(C)=O)C(C)=O. The second-order valence-corrected chi connectivity index (χ2v) is 4.91. The number of azide groups is 1. The van der Waals surface area contributed by atoms with Gasteiger partial charge in [0.15, 0.2) is 0 Å². The van der Waals surface area contributed by atoms with Crippen LogP contribution in [0.4, 0.5) is 0 Å². The van der Waals surface area contributed by atoms with Crippen LogP contribution in [-0.4, -0.2) is 78.7 Å². The molecule has 0 aromatic rings. The first-order valence-electron chi connectivity index (χ1n) is 7.03. The molecular formula is C13H24N6O3. The number of hydrogen-bond donors (Lipinski definition) is 0. The number of rotatable bonds is 9. The van der Waals surface area contributed by atoms with Gasteiger partial charge in [-0.2, -0.15) is 0 Å². The lowest BCUT2D eigenvalue weighted by Crippen LogP contribution is -2.43. The number of amides is 3. The van der Waals surface area contributed by atoms with Gasteiger partial charge in [-0.05, 0) is 5.53 Å². The average molecular weight is 312 g/mol. The molecule has 0 fully saturated rings. The first kappa shape index (κ1) is 19.7. The van der Waals surface area contributed by atoms with E-state index in [9.17, 15) is 14.4 Å². The van der Waals surface area contributed by atoms with Gasteiger partial charge in [-0.3, -0.25) is 14.4 Å². The van der Waals surface area contributed by atoms with Crippen LogP contribution in [-0.2, 0) is 14.4 Å². The van der Waals surface area contributed by atoms with Crippen molar-refractivity contribution in [1.82, 2.24) is 14.7 Å². The quantitative estimate of drug-likeness (QED) is 0.350. The second kappa shape index (κ2) is 10.4. The third-order valence-corrected chi connectivity index (χ3v) is 3.31. The molecule has 9 nitrogen and oxygen atoms in total. The second-order valence-electron chi connectivity index (χ2n) is 4.91. The van der Waals surface area contributed by atoms with Crippen LogP contribution in [0, 0.1) is 0 Å². The largest absolute Gasteiger partial charge is 0.344 e. The minimum absolute atomic E-state index is 0.0665. The third-order valence-electron chi connectivity index (χ3n) is 3.31. The summed E-state index contributed by atoms with van der Waals surface area (Å²) in [6.07, 6.45) is 0. The van der Waals surface area contributed by atoms with E-state index in [4.69, 9.17) is 5.53 Å². The number of hydrogen-bond acceptors (Lipinski definition) is 4. The fourth-order valence-electron chi connectivity index (χ4n) is 1.73. The maximum Gasteiger partial charge on any atom is 0.219 e. The molecule has 9 heteroatoms. The van der Waals surface area contributed by atoms with E-state index < -0.39 is 0 Å². The maximum atomic E-state index is 11.6. The lowest BCUT2D eigenvalue weighted by atomic mass is 10.3. The predicted molar refractivity (Wildman–Crippen MR) is 81.8 cm³/mol. The monoisotopic (exact) mass is 312 g/mol. The fraction of sp³-hybridized carbons (Fsp3) is 0.769. The van der Waals surface area contributed by atoms with E-state index in [0.29, 0.717) is 32.7 Å². The predicted octanol–water partition coefficient (Wildman–Crippen LogP) is 0.472. The Morgan fingerprint density at radius 2 is 1.32 bits per heavy atom. The highest BCUT2D eigenvalue weighted by molar-refractivity contribution is 5.75. The highest BCUT2D eigenvalue weighted by Crippen LogP contribution is 1.97. The topological polar surface area (TPSA) is 110 Å². The molecular weight excluding hydrogens is 288 g/mol. The van der Waals surface area contributed by atoms with E-state index >= 15 is 0 Å². The van der Waals surface area contributed by atoms with Gasteiger partial charge in [0.25, 0.3) is 0 Å². The summed E-state index contributed by atoms with van der Waals surface area (Å²) in [5, 5.41) is 3.40. The zero-order valence-corrected chi connectivity index (χ0v) is 13.7. The molecule has 0 aliphatic heterocycles. The van der Waals surface area contributed by atoms with Gasteiger partial charge in [0.2, 0.25) is 17.7 Å². The number of carbonyl (C=O) groups is 3. The minimum atomic E-state index is -0.141. The molecule has 22 heavy (non-hydrogen) atoms. The summed E-state index contributed by atoms with van der Waals surface area (Å²) in [5.41, 5.74) is 8.25. The van der Waals surface area contributed by atoms with Crippen LogP contribution in [0.15, 0.2) is 5.11 Å². The van der Waals surface area contributed by atoms with Gasteiger partial charge in [0, 0.05) is 72.0 Å². The molecule has 0 aromatic carbocycles. The maximum absolute atomic E-state index is 11.6. The lowest BCUT2D eigenvalue weighted by molar-refractivity contribution is -0.133. The van der Waals surface area contributed by atoms with Gasteiger partial charge in [0.1, 0.15) is 0 Å². The number of nitrogens with zero attached hydrogens (tertiary/aromatic N) is 6. The van der Waals surface area contributed by atoms with Crippen LogP contribution in [0.5, 0.6) is 0 Å². The molecule has 0 aliphatic carbocycles. The van der Waals surface area contributed by atoms with Gasteiger partial charge in [-0.1, -0.05) is 5.11 Å². The van der Waals surface area contributed by atoms with Crippen molar-refractivity contribution >= 4 is 17.7 Å². The van der Waals surface area contributed by atoms with Gasteiger partial charge < -0.3 is 14.7 Å². The number of carbonyl (C=O) groups excluding carboxylic acids is 3. The summed E-state index contributed by atoms with van der Waals surface area (Å²) in [4.78, 5) is 41.6. The van der Waals surface area contributed by atoms with Crippen LogP contribution in [0.25, 0.3) is 10.4 Å². The summed E-state index contributed by atoms with van der Waals surface area (Å²) < 4.78 is 0. The first-order chi connectivity index (χ1) is 10.3. The molecule has 0 unspecified atom stereocenters. The molecule has 124 valence electrons. The third kappa shape index (κ3) is 8.11. The highest BCUT2D eigenvalue weighted by Gasteiger charge is 2.14. The summed E-state index contributed by atoms with van der Waals surface area (Å²) >= 11 is 0. The van der Waals surface area contributed by atoms with Crippen molar-refractivity contribution in [1.29, 1.82) is 0 Å². The molecule has 0 aromatic heterocycles. The van der Waals surface area contributed by atoms with E-state index in [1.807, 2.05) is 0 Å². The Balaban J connectivity index is 4.47. The molecule has 0 radical (unpaired) electrons. The van der Waals surface area contributed by atoms with Crippen molar-refractivity contribution < 1.29 is 14.4 Å². The van der Waals surface area contributed by atoms with Crippen molar-refractivity contribution in [2.45, 2.75) is 20.8 Å². The average Bonchev–Trinajstić information content (AvgIpc) is 2.44. The Morgan fingerprint density at radius 1 is 0.864 bits per heavy atom. The van der Waals surface area contributed by atoms with Crippen LogP contribution in [0.2, 0.25) is 0 Å². The Hall–Kier alpha value is -2.28. The van der Waals surface area contributed by atoms with Gasteiger partial charge in [-0.25, -0.2) is 0 Å². The standard InChI is InChI=1S/C13H24N6O3/c1-11(20)17(4)7-8-19(13(3)22)10-9-18(12(2)21)6-5-15-16-14/h5-10H2,1-4H3. The summed E-state index contributed by atoms with van der Waals surface area (Å²) in [7, 11) is 1.67. The van der Waals surface area contributed by atoms with Crippen LogP contribution in [0.3, 0.4) is 0 Å². The van der Waals surface area contributed by atoms with Crippen LogP contribution >= 0.6 is 0 Å². The fourth-order valence-corrected chi connectivity index (χ4v) is 1.73. The molecule has 0 spiro atoms. The normalized spacial score (nSPS) is 9.64. The van der Waals surface area contributed by atoms with Crippen molar-refractivity contribution in [2.75, 3.05) is 46.3 Å². The Morgan fingerprint density at radius 3 is 1.73 bits per heavy atom. The van der Waals surface area contributed by atoms with E-state index in [1.54, 1.807) is 11.9 Å².